The molecular formula is C19H25NO3S. The van der Waals surface area contributed by atoms with Crippen LogP contribution in [0.5, 0.6) is 0 Å². The maximum absolute atomic E-state index is 12.7. The highest BCUT2D eigenvalue weighted by atomic mass is 32.1. The van der Waals surface area contributed by atoms with E-state index in [1.165, 1.54) is 5.56 Å². The Morgan fingerprint density at radius 2 is 2.29 bits per heavy atom. The number of furan rings is 1. The molecular weight excluding hydrogens is 322 g/mol. The van der Waals surface area contributed by atoms with E-state index in [4.69, 9.17) is 4.42 Å². The van der Waals surface area contributed by atoms with Crippen LogP contribution in [-0.4, -0.2) is 28.5 Å². The summed E-state index contributed by atoms with van der Waals surface area (Å²) in [5.41, 5.74) is 1.23. The molecule has 0 radical (unpaired) electrons. The molecule has 0 aromatic carbocycles. The predicted molar refractivity (Wildman–Crippen MR) is 94.9 cm³/mol. The van der Waals surface area contributed by atoms with E-state index < -0.39 is 6.10 Å². The lowest BCUT2D eigenvalue weighted by Crippen LogP contribution is -2.41. The smallest absolute Gasteiger partial charge is 0.223 e. The molecule has 1 N–H and O–H groups in total. The topological polar surface area (TPSA) is 53.7 Å². The molecule has 2 atom stereocenters. The van der Waals surface area contributed by atoms with Crippen molar-refractivity contribution in [1.29, 1.82) is 0 Å². The minimum absolute atomic E-state index is 0.0996. The van der Waals surface area contributed by atoms with Crippen LogP contribution >= 0.6 is 11.3 Å². The summed E-state index contributed by atoms with van der Waals surface area (Å²) in [6.07, 6.45) is 7.12. The molecule has 3 heterocycles. The first-order valence-electron chi connectivity index (χ1n) is 8.76. The number of thiophene rings is 1. The van der Waals surface area contributed by atoms with Crippen LogP contribution in [0.25, 0.3) is 0 Å². The van der Waals surface area contributed by atoms with Crippen molar-refractivity contribution < 1.29 is 14.3 Å². The Kier molecular flexibility index (Phi) is 6.10. The Morgan fingerprint density at radius 3 is 3.04 bits per heavy atom. The van der Waals surface area contributed by atoms with Gasteiger partial charge in [0.1, 0.15) is 11.9 Å². The number of carbonyl (C=O) groups is 1. The summed E-state index contributed by atoms with van der Waals surface area (Å²) in [5, 5.41) is 14.6. The van der Waals surface area contributed by atoms with E-state index in [-0.39, 0.29) is 11.9 Å². The van der Waals surface area contributed by atoms with E-state index in [2.05, 4.69) is 11.4 Å². The Balaban J connectivity index is 1.61. The van der Waals surface area contributed by atoms with Gasteiger partial charge in [-0.2, -0.15) is 11.3 Å². The molecule has 5 heteroatoms. The summed E-state index contributed by atoms with van der Waals surface area (Å²) < 4.78 is 5.31. The van der Waals surface area contributed by atoms with E-state index in [0.717, 1.165) is 38.6 Å². The SMILES string of the molecule is O=C(CCc1ccsc1)N1CCCCC[C@@H]1C[C@H](O)c1ccco1. The third kappa shape index (κ3) is 4.48. The van der Waals surface area contributed by atoms with Crippen molar-refractivity contribution in [3.63, 3.8) is 0 Å². The lowest BCUT2D eigenvalue weighted by atomic mass is 10.0. The summed E-state index contributed by atoms with van der Waals surface area (Å²) in [6, 6.07) is 5.76. The second-order valence-corrected chi connectivity index (χ2v) is 7.27. The number of hydrogen-bond donors (Lipinski definition) is 1. The van der Waals surface area contributed by atoms with Gasteiger partial charge in [0.25, 0.3) is 0 Å². The van der Waals surface area contributed by atoms with Gasteiger partial charge in [0.05, 0.1) is 6.26 Å². The Hall–Kier alpha value is -1.59. The molecule has 130 valence electrons. The summed E-state index contributed by atoms with van der Waals surface area (Å²) in [6.45, 7) is 0.804. The summed E-state index contributed by atoms with van der Waals surface area (Å²) in [4.78, 5) is 14.8. The third-order valence-corrected chi connectivity index (χ3v) is 5.50. The zero-order valence-corrected chi connectivity index (χ0v) is 14.7. The first-order chi connectivity index (χ1) is 11.7. The molecule has 3 rings (SSSR count). The second kappa shape index (κ2) is 8.49. The minimum Gasteiger partial charge on any atom is -0.467 e. The summed E-state index contributed by atoms with van der Waals surface area (Å²) in [7, 11) is 0. The van der Waals surface area contributed by atoms with E-state index in [0.29, 0.717) is 18.6 Å². The number of likely N-dealkylation sites (tertiary alicyclic amines) is 1. The maximum Gasteiger partial charge on any atom is 0.223 e. The number of amides is 1. The number of aryl methyl sites for hydroxylation is 1. The van der Waals surface area contributed by atoms with Crippen molar-refractivity contribution in [2.75, 3.05) is 6.54 Å². The van der Waals surface area contributed by atoms with Gasteiger partial charge in [-0.3, -0.25) is 4.79 Å². The number of aliphatic hydroxyl groups excluding tert-OH is 1. The van der Waals surface area contributed by atoms with Crippen LogP contribution in [0.15, 0.2) is 39.6 Å². The van der Waals surface area contributed by atoms with Gasteiger partial charge >= 0.3 is 0 Å². The quantitative estimate of drug-likeness (QED) is 0.853. The maximum atomic E-state index is 12.7. The largest absolute Gasteiger partial charge is 0.467 e. The number of nitrogens with zero attached hydrogens (tertiary/aromatic N) is 1. The van der Waals surface area contributed by atoms with Crippen molar-refractivity contribution in [3.05, 3.63) is 46.5 Å². The fourth-order valence-electron chi connectivity index (χ4n) is 3.44. The van der Waals surface area contributed by atoms with Crippen LogP contribution in [0.4, 0.5) is 0 Å². The first-order valence-corrected chi connectivity index (χ1v) is 9.70. The second-order valence-electron chi connectivity index (χ2n) is 6.49. The van der Waals surface area contributed by atoms with Crippen LogP contribution in [0.1, 0.15) is 56.0 Å². The fourth-order valence-corrected chi connectivity index (χ4v) is 4.14. The summed E-state index contributed by atoms with van der Waals surface area (Å²) in [5.74, 6) is 0.796. The third-order valence-electron chi connectivity index (χ3n) is 4.77. The van der Waals surface area contributed by atoms with Gasteiger partial charge < -0.3 is 14.4 Å². The van der Waals surface area contributed by atoms with E-state index >= 15 is 0 Å². The molecule has 1 aliphatic rings. The molecule has 4 nitrogen and oxygen atoms in total. The van der Waals surface area contributed by atoms with Crippen LogP contribution in [-0.2, 0) is 11.2 Å². The molecule has 1 fully saturated rings. The first kappa shape index (κ1) is 17.2. The molecule has 1 saturated heterocycles. The molecule has 1 aliphatic heterocycles. The summed E-state index contributed by atoms with van der Waals surface area (Å²) >= 11 is 1.67. The molecule has 2 aromatic heterocycles. The Bertz CT molecular complexity index is 609. The standard InChI is InChI=1S/C19H25NO3S/c21-17(18-6-4-11-23-18)13-16-5-2-1-3-10-20(16)19(22)8-7-15-9-12-24-14-15/h4,6,9,11-12,14,16-17,21H,1-3,5,7-8,10,13H2/t16-,17+/m1/s1. The number of rotatable bonds is 6. The average Bonchev–Trinajstić information content (AvgIpc) is 3.24. The van der Waals surface area contributed by atoms with Crippen molar-refractivity contribution in [2.45, 2.75) is 57.1 Å². The molecule has 24 heavy (non-hydrogen) atoms. The van der Waals surface area contributed by atoms with E-state index in [1.807, 2.05) is 10.3 Å². The van der Waals surface area contributed by atoms with Gasteiger partial charge in [0.2, 0.25) is 5.91 Å². The van der Waals surface area contributed by atoms with Crippen molar-refractivity contribution in [1.82, 2.24) is 4.90 Å². The highest BCUT2D eigenvalue weighted by molar-refractivity contribution is 7.07. The van der Waals surface area contributed by atoms with E-state index in [1.54, 1.807) is 29.7 Å². The van der Waals surface area contributed by atoms with Gasteiger partial charge in [-0.1, -0.05) is 12.8 Å². The highest BCUT2D eigenvalue weighted by Crippen LogP contribution is 2.27. The molecule has 0 saturated carbocycles. The zero-order chi connectivity index (χ0) is 16.8. The van der Waals surface area contributed by atoms with Crippen LogP contribution in [0, 0.1) is 0 Å². The molecule has 0 bridgehead atoms. The van der Waals surface area contributed by atoms with Gasteiger partial charge in [-0.05, 0) is 53.8 Å². The monoisotopic (exact) mass is 347 g/mol. The van der Waals surface area contributed by atoms with Gasteiger partial charge in [0, 0.05) is 25.4 Å². The molecule has 2 aromatic rings. The predicted octanol–water partition coefficient (Wildman–Crippen LogP) is 4.17. The van der Waals surface area contributed by atoms with Crippen molar-refractivity contribution in [2.24, 2.45) is 0 Å². The van der Waals surface area contributed by atoms with Crippen LogP contribution in [0.3, 0.4) is 0 Å². The Morgan fingerprint density at radius 1 is 1.38 bits per heavy atom. The van der Waals surface area contributed by atoms with Gasteiger partial charge in [0.15, 0.2) is 0 Å². The normalized spacial score (nSPS) is 19.9. The fraction of sp³-hybridized carbons (Fsp3) is 0.526. The van der Waals surface area contributed by atoms with Crippen molar-refractivity contribution in [3.8, 4) is 0 Å². The molecule has 0 spiro atoms. The van der Waals surface area contributed by atoms with E-state index in [9.17, 15) is 9.90 Å². The number of hydrogen-bond acceptors (Lipinski definition) is 4. The van der Waals surface area contributed by atoms with Gasteiger partial charge in [-0.25, -0.2) is 0 Å². The number of carbonyl (C=O) groups excluding carboxylic acids is 1. The molecule has 0 unspecified atom stereocenters. The minimum atomic E-state index is -0.643. The van der Waals surface area contributed by atoms with Gasteiger partial charge in [-0.15, -0.1) is 0 Å². The zero-order valence-electron chi connectivity index (χ0n) is 13.9. The Labute approximate surface area is 147 Å². The lowest BCUT2D eigenvalue weighted by molar-refractivity contribution is -0.134. The van der Waals surface area contributed by atoms with Crippen LogP contribution in [0.2, 0.25) is 0 Å². The van der Waals surface area contributed by atoms with Crippen LogP contribution < -0.4 is 0 Å². The average molecular weight is 347 g/mol. The highest BCUT2D eigenvalue weighted by Gasteiger charge is 2.28. The van der Waals surface area contributed by atoms with Crippen molar-refractivity contribution >= 4 is 17.2 Å². The number of aliphatic hydroxyl groups is 1. The lowest BCUT2D eigenvalue weighted by Gasteiger charge is -2.31. The molecule has 1 amide bonds. The molecule has 0 aliphatic carbocycles.